The van der Waals surface area contributed by atoms with Crippen molar-refractivity contribution in [3.05, 3.63) is 60.8 Å². The number of esters is 4. The molecule has 0 fully saturated rings. The van der Waals surface area contributed by atoms with Crippen molar-refractivity contribution in [2.24, 2.45) is 0 Å². The Balaban J connectivity index is 5.37. The lowest BCUT2D eigenvalue weighted by Gasteiger charge is -2.21. The summed E-state index contributed by atoms with van der Waals surface area (Å²) in [6.07, 6.45) is 76.2. The number of hydrogen-bond acceptors (Lipinski definition) is 15. The average molecular weight is 1480 g/mol. The summed E-state index contributed by atoms with van der Waals surface area (Å²) in [6, 6.07) is 0. The van der Waals surface area contributed by atoms with Gasteiger partial charge in [-0.25, -0.2) is 9.13 Å². The molecule has 0 saturated carbocycles. The van der Waals surface area contributed by atoms with E-state index >= 15 is 0 Å². The highest BCUT2D eigenvalue weighted by molar-refractivity contribution is 7.47. The number of rotatable bonds is 79. The molecule has 0 aliphatic heterocycles. The zero-order chi connectivity index (χ0) is 74.6. The van der Waals surface area contributed by atoms with E-state index < -0.39 is 97.5 Å². The minimum absolute atomic E-state index is 0.0900. The summed E-state index contributed by atoms with van der Waals surface area (Å²) in [5.74, 6) is -2.21. The fourth-order valence-electron chi connectivity index (χ4n) is 11.6. The van der Waals surface area contributed by atoms with Crippen LogP contribution in [0.15, 0.2) is 60.8 Å². The average Bonchev–Trinajstić information content (AvgIpc) is 0.923. The lowest BCUT2D eigenvalue weighted by atomic mass is 10.0. The smallest absolute Gasteiger partial charge is 0.462 e. The van der Waals surface area contributed by atoms with Crippen LogP contribution in [0.4, 0.5) is 0 Å². The monoisotopic (exact) mass is 1480 g/mol. The van der Waals surface area contributed by atoms with E-state index in [0.717, 1.165) is 109 Å². The van der Waals surface area contributed by atoms with Gasteiger partial charge in [0.25, 0.3) is 0 Å². The minimum atomic E-state index is -4.98. The minimum Gasteiger partial charge on any atom is -0.462 e. The maximum absolute atomic E-state index is 13.1. The number of aliphatic hydroxyl groups excluding tert-OH is 1. The Morgan fingerprint density at radius 3 is 0.804 bits per heavy atom. The van der Waals surface area contributed by atoms with Crippen molar-refractivity contribution in [2.75, 3.05) is 39.6 Å². The molecule has 0 aliphatic carbocycles. The standard InChI is InChI=1S/C83H152O17P2/c1-5-9-13-17-21-25-29-33-37-38-42-44-48-52-56-60-64-68-81(86)94-74-79(100-83(88)70-66-62-58-54-50-46-41-36-32-28-24-20-16-12-8-4)76-98-102(91,92)96-72-77(84)71-95-101(89,90)97-75-78(99-82(87)69-65-61-57-53-49-45-40-35-31-27-23-19-15-11-7-3)73-93-80(85)67-63-59-55-51-47-43-39-34-30-26-22-18-14-10-6-2/h21,25,33,35,37,40,42,44,52,56,77-79,84H,5-20,22-24,26-32,34,36,38-39,41,43,45-51,53-55,57-76H2,1-4H3,(H,89,90)(H,91,92)/b25-21-,37-33-,40-35-,44-42-,56-52-/t77-,78+,79+/m0/s1. The van der Waals surface area contributed by atoms with Crippen LogP contribution in [0.25, 0.3) is 0 Å². The summed E-state index contributed by atoms with van der Waals surface area (Å²) in [5, 5.41) is 10.6. The first-order valence-corrected chi connectivity index (χ1v) is 44.5. The van der Waals surface area contributed by atoms with E-state index in [9.17, 15) is 43.2 Å². The SMILES string of the molecule is CCCCC/C=C\C/C=C\C/C=C\C/C=C\CCCC(=O)OC[C@H](COP(=O)(O)OC[C@@H](O)COP(=O)(O)OC[C@@H](COC(=O)CCCCCCCCCCCCCCCCC)OC(=O)CCCCCCC/C=C\CCCCCCCC)OC(=O)CCCCCCCCCCCCCCCCC. The molecule has 2 unspecified atom stereocenters. The molecule has 0 bridgehead atoms. The number of phosphoric acid groups is 2. The van der Waals surface area contributed by atoms with Crippen LogP contribution in [0, 0.1) is 0 Å². The molecule has 0 saturated heterocycles. The summed E-state index contributed by atoms with van der Waals surface area (Å²) in [6.45, 7) is 4.87. The van der Waals surface area contributed by atoms with Crippen molar-refractivity contribution in [2.45, 2.75) is 406 Å². The van der Waals surface area contributed by atoms with Crippen molar-refractivity contribution >= 4 is 39.5 Å². The van der Waals surface area contributed by atoms with Gasteiger partial charge in [-0.1, -0.05) is 332 Å². The van der Waals surface area contributed by atoms with Gasteiger partial charge in [0.15, 0.2) is 12.2 Å². The third kappa shape index (κ3) is 75.0. The Morgan fingerprint density at radius 2 is 0.490 bits per heavy atom. The molecule has 3 N–H and O–H groups in total. The van der Waals surface area contributed by atoms with Crippen LogP contribution in [0.1, 0.15) is 387 Å². The second-order valence-corrected chi connectivity index (χ2v) is 31.0. The van der Waals surface area contributed by atoms with Gasteiger partial charge in [-0.3, -0.25) is 37.3 Å². The highest BCUT2D eigenvalue weighted by Crippen LogP contribution is 2.45. The lowest BCUT2D eigenvalue weighted by molar-refractivity contribution is -0.161. The molecular formula is C83H152O17P2. The van der Waals surface area contributed by atoms with E-state index in [1.54, 1.807) is 0 Å². The molecule has 102 heavy (non-hydrogen) atoms. The topological polar surface area (TPSA) is 237 Å². The van der Waals surface area contributed by atoms with E-state index in [4.69, 9.17) is 37.0 Å². The van der Waals surface area contributed by atoms with Crippen LogP contribution in [0.5, 0.6) is 0 Å². The number of unbranched alkanes of at least 4 members (excludes halogenated alkanes) is 43. The van der Waals surface area contributed by atoms with E-state index in [1.807, 2.05) is 12.2 Å². The zero-order valence-corrected chi connectivity index (χ0v) is 67.1. The predicted octanol–water partition coefficient (Wildman–Crippen LogP) is 24.2. The molecule has 0 heterocycles. The van der Waals surface area contributed by atoms with Crippen molar-refractivity contribution in [1.29, 1.82) is 0 Å². The Bertz CT molecular complexity index is 2170. The Kier molecular flexibility index (Phi) is 73.6. The van der Waals surface area contributed by atoms with E-state index in [-0.39, 0.29) is 25.7 Å². The van der Waals surface area contributed by atoms with Crippen molar-refractivity contribution in [3.8, 4) is 0 Å². The van der Waals surface area contributed by atoms with Gasteiger partial charge in [0.05, 0.1) is 26.4 Å². The number of carbonyl (C=O) groups excluding carboxylic acids is 4. The highest BCUT2D eigenvalue weighted by atomic mass is 31.2. The first-order valence-electron chi connectivity index (χ1n) is 41.5. The summed E-state index contributed by atoms with van der Waals surface area (Å²) in [7, 11) is -9.96. The summed E-state index contributed by atoms with van der Waals surface area (Å²) >= 11 is 0. The molecule has 17 nitrogen and oxygen atoms in total. The maximum atomic E-state index is 13.1. The van der Waals surface area contributed by atoms with Crippen LogP contribution < -0.4 is 0 Å². The van der Waals surface area contributed by atoms with E-state index in [1.165, 1.54) is 193 Å². The first-order chi connectivity index (χ1) is 49.7. The number of allylic oxidation sites excluding steroid dienone is 10. The Hall–Kier alpha value is -3.24. The van der Waals surface area contributed by atoms with Gasteiger partial charge in [0.2, 0.25) is 0 Å². The molecule has 0 aromatic carbocycles. The highest BCUT2D eigenvalue weighted by Gasteiger charge is 2.30. The van der Waals surface area contributed by atoms with Gasteiger partial charge in [-0.2, -0.15) is 0 Å². The van der Waals surface area contributed by atoms with Crippen LogP contribution in [-0.4, -0.2) is 96.7 Å². The fraction of sp³-hybridized carbons (Fsp3) is 0.831. The van der Waals surface area contributed by atoms with E-state index in [2.05, 4.69) is 76.3 Å². The first kappa shape index (κ1) is 98.8. The quantitative estimate of drug-likeness (QED) is 0.0169. The van der Waals surface area contributed by atoms with Crippen molar-refractivity contribution in [3.63, 3.8) is 0 Å². The van der Waals surface area contributed by atoms with Crippen LogP contribution in [0.2, 0.25) is 0 Å². The fourth-order valence-corrected chi connectivity index (χ4v) is 13.2. The maximum Gasteiger partial charge on any atom is 0.472 e. The number of phosphoric ester groups is 2. The molecule has 596 valence electrons. The molecule has 0 aliphatic rings. The molecule has 0 rings (SSSR count). The predicted molar refractivity (Wildman–Crippen MR) is 418 cm³/mol. The summed E-state index contributed by atoms with van der Waals surface area (Å²) < 4.78 is 68.7. The summed E-state index contributed by atoms with van der Waals surface area (Å²) in [4.78, 5) is 73.1. The molecular weight excluding hydrogens is 1330 g/mol. The van der Waals surface area contributed by atoms with Gasteiger partial charge in [-0.05, 0) is 89.9 Å². The van der Waals surface area contributed by atoms with Crippen LogP contribution in [-0.2, 0) is 65.4 Å². The van der Waals surface area contributed by atoms with Crippen LogP contribution in [0.3, 0.4) is 0 Å². The molecule has 0 aromatic rings. The van der Waals surface area contributed by atoms with Gasteiger partial charge >= 0.3 is 39.5 Å². The second-order valence-electron chi connectivity index (χ2n) is 28.1. The van der Waals surface area contributed by atoms with Gasteiger partial charge in [0.1, 0.15) is 19.3 Å². The molecule has 0 radical (unpaired) electrons. The normalized spacial score (nSPS) is 14.1. The molecule has 0 spiro atoms. The second kappa shape index (κ2) is 76.0. The van der Waals surface area contributed by atoms with Gasteiger partial charge in [0, 0.05) is 25.7 Å². The van der Waals surface area contributed by atoms with Gasteiger partial charge < -0.3 is 33.8 Å². The lowest BCUT2D eigenvalue weighted by Crippen LogP contribution is -2.30. The number of carbonyl (C=O) groups is 4. The third-order valence-corrected chi connectivity index (χ3v) is 19.9. The molecule has 0 aromatic heterocycles. The largest absolute Gasteiger partial charge is 0.472 e. The molecule has 5 atom stereocenters. The van der Waals surface area contributed by atoms with Crippen LogP contribution >= 0.6 is 15.6 Å². The number of aliphatic hydroxyl groups is 1. The number of ether oxygens (including phenoxy) is 4. The zero-order valence-electron chi connectivity index (χ0n) is 65.3. The van der Waals surface area contributed by atoms with Gasteiger partial charge in [-0.15, -0.1) is 0 Å². The third-order valence-electron chi connectivity index (χ3n) is 18.0. The van der Waals surface area contributed by atoms with Crippen molar-refractivity contribution < 1.29 is 80.2 Å². The van der Waals surface area contributed by atoms with E-state index in [0.29, 0.717) is 32.1 Å². The van der Waals surface area contributed by atoms with Crippen molar-refractivity contribution in [1.82, 2.24) is 0 Å². The summed E-state index contributed by atoms with van der Waals surface area (Å²) in [5.41, 5.74) is 0. The Morgan fingerprint density at radius 1 is 0.275 bits per heavy atom. The molecule has 0 amide bonds. The Labute approximate surface area is 622 Å². The molecule has 19 heteroatoms. The number of hydrogen-bond donors (Lipinski definition) is 3.